The molecule has 3 aromatic rings. The number of hydrogen-bond donors (Lipinski definition) is 0. The van der Waals surface area contributed by atoms with Gasteiger partial charge in [0, 0.05) is 29.2 Å². The summed E-state index contributed by atoms with van der Waals surface area (Å²) in [5, 5.41) is 4.66. The van der Waals surface area contributed by atoms with Gasteiger partial charge < -0.3 is 9.42 Å². The van der Waals surface area contributed by atoms with Crippen LogP contribution in [0.1, 0.15) is 30.7 Å². The summed E-state index contributed by atoms with van der Waals surface area (Å²) >= 11 is 6.02. The average Bonchev–Trinajstić information content (AvgIpc) is 3.29. The van der Waals surface area contributed by atoms with Gasteiger partial charge in [-0.1, -0.05) is 47.9 Å². The zero-order valence-electron chi connectivity index (χ0n) is 14.4. The van der Waals surface area contributed by atoms with Crippen molar-refractivity contribution in [1.82, 2.24) is 10.1 Å². The molecular formula is C20H18ClN3O2. The fraction of sp³-hybridized carbons (Fsp3) is 0.250. The number of hydrogen-bond acceptors (Lipinski definition) is 4. The Hall–Kier alpha value is -2.66. The lowest BCUT2D eigenvalue weighted by molar-refractivity contribution is -0.117. The Morgan fingerprint density at radius 2 is 2.04 bits per heavy atom. The average molecular weight is 368 g/mol. The Labute approximate surface area is 156 Å². The Morgan fingerprint density at radius 3 is 2.77 bits per heavy atom. The standard InChI is InChI=1S/C20H18ClN3O2/c1-2-13-6-8-17(9-7-13)24-12-15(11-18(24)25)20-22-19(23-26-20)14-4-3-5-16(21)10-14/h3-10,15H,2,11-12H2,1H3. The van der Waals surface area contributed by atoms with Gasteiger partial charge in [-0.15, -0.1) is 0 Å². The van der Waals surface area contributed by atoms with Crippen LogP contribution in [0.2, 0.25) is 5.02 Å². The molecule has 1 aromatic heterocycles. The molecule has 0 spiro atoms. The SMILES string of the molecule is CCc1ccc(N2CC(c3nc(-c4cccc(Cl)c4)no3)CC2=O)cc1. The molecule has 1 amide bonds. The van der Waals surface area contributed by atoms with Crippen LogP contribution in [0.3, 0.4) is 0 Å². The van der Waals surface area contributed by atoms with Gasteiger partial charge in [0.25, 0.3) is 0 Å². The van der Waals surface area contributed by atoms with E-state index >= 15 is 0 Å². The molecule has 1 aliphatic rings. The summed E-state index contributed by atoms with van der Waals surface area (Å²) in [4.78, 5) is 18.7. The fourth-order valence-electron chi connectivity index (χ4n) is 3.18. The van der Waals surface area contributed by atoms with Crippen molar-refractivity contribution >= 4 is 23.2 Å². The van der Waals surface area contributed by atoms with Crippen molar-refractivity contribution in [3.05, 3.63) is 65.0 Å². The zero-order chi connectivity index (χ0) is 18.1. The van der Waals surface area contributed by atoms with Crippen molar-refractivity contribution in [2.24, 2.45) is 0 Å². The number of halogens is 1. The highest BCUT2D eigenvalue weighted by molar-refractivity contribution is 6.30. The summed E-state index contributed by atoms with van der Waals surface area (Å²) in [6.45, 7) is 2.65. The number of carbonyl (C=O) groups excluding carboxylic acids is 1. The van der Waals surface area contributed by atoms with Crippen molar-refractivity contribution in [1.29, 1.82) is 0 Å². The predicted octanol–water partition coefficient (Wildman–Crippen LogP) is 4.47. The van der Waals surface area contributed by atoms with Gasteiger partial charge in [0.2, 0.25) is 17.6 Å². The Balaban J connectivity index is 1.53. The third kappa shape index (κ3) is 3.22. The summed E-state index contributed by atoms with van der Waals surface area (Å²) in [5.74, 6) is 0.942. The maximum atomic E-state index is 12.5. The number of carbonyl (C=O) groups is 1. The molecule has 1 atom stereocenters. The first-order valence-electron chi connectivity index (χ1n) is 8.63. The van der Waals surface area contributed by atoms with Crippen molar-refractivity contribution in [3.63, 3.8) is 0 Å². The van der Waals surface area contributed by atoms with Gasteiger partial charge in [-0.05, 0) is 36.2 Å². The van der Waals surface area contributed by atoms with Gasteiger partial charge in [0.15, 0.2) is 0 Å². The van der Waals surface area contributed by atoms with Crippen molar-refractivity contribution < 1.29 is 9.32 Å². The Kier molecular flexibility index (Phi) is 4.47. The highest BCUT2D eigenvalue weighted by Gasteiger charge is 2.35. The van der Waals surface area contributed by atoms with Crippen LogP contribution in [-0.2, 0) is 11.2 Å². The van der Waals surface area contributed by atoms with Gasteiger partial charge in [-0.2, -0.15) is 4.98 Å². The highest BCUT2D eigenvalue weighted by Crippen LogP contribution is 2.32. The molecule has 2 heterocycles. The molecule has 26 heavy (non-hydrogen) atoms. The van der Waals surface area contributed by atoms with Crippen LogP contribution in [0.15, 0.2) is 53.1 Å². The quantitative estimate of drug-likeness (QED) is 0.682. The largest absolute Gasteiger partial charge is 0.339 e. The number of anilines is 1. The van der Waals surface area contributed by atoms with Crippen LogP contribution in [0.5, 0.6) is 0 Å². The molecule has 0 radical (unpaired) electrons. The first-order chi connectivity index (χ1) is 12.6. The molecule has 0 N–H and O–H groups in total. The van der Waals surface area contributed by atoms with Crippen molar-refractivity contribution in [2.45, 2.75) is 25.7 Å². The molecular weight excluding hydrogens is 350 g/mol. The first-order valence-corrected chi connectivity index (χ1v) is 9.00. The predicted molar refractivity (Wildman–Crippen MR) is 100 cm³/mol. The van der Waals surface area contributed by atoms with E-state index in [0.29, 0.717) is 29.7 Å². The van der Waals surface area contributed by atoms with Crippen LogP contribution in [0.4, 0.5) is 5.69 Å². The van der Waals surface area contributed by atoms with Gasteiger partial charge >= 0.3 is 0 Å². The topological polar surface area (TPSA) is 59.2 Å². The summed E-state index contributed by atoms with van der Waals surface area (Å²) in [6, 6.07) is 15.4. The van der Waals surface area contributed by atoms with Gasteiger partial charge in [0.1, 0.15) is 0 Å². The van der Waals surface area contributed by atoms with E-state index < -0.39 is 0 Å². The lowest BCUT2D eigenvalue weighted by Gasteiger charge is -2.16. The molecule has 1 saturated heterocycles. The molecule has 2 aromatic carbocycles. The number of nitrogens with zero attached hydrogens (tertiary/aromatic N) is 3. The third-order valence-corrected chi connectivity index (χ3v) is 4.89. The van der Waals surface area contributed by atoms with Crippen molar-refractivity contribution in [2.75, 3.05) is 11.4 Å². The molecule has 5 nitrogen and oxygen atoms in total. The van der Waals surface area contributed by atoms with Crippen LogP contribution < -0.4 is 4.90 Å². The number of benzene rings is 2. The van der Waals surface area contributed by atoms with E-state index in [9.17, 15) is 4.79 Å². The highest BCUT2D eigenvalue weighted by atomic mass is 35.5. The maximum absolute atomic E-state index is 12.5. The normalized spacial score (nSPS) is 17.1. The number of aryl methyl sites for hydroxylation is 1. The fourth-order valence-corrected chi connectivity index (χ4v) is 3.37. The van der Waals surface area contributed by atoms with Crippen LogP contribution in [0, 0.1) is 0 Å². The minimum absolute atomic E-state index is 0.0711. The van der Waals surface area contributed by atoms with Crippen LogP contribution in [0.25, 0.3) is 11.4 Å². The molecule has 0 bridgehead atoms. The second kappa shape index (κ2) is 6.92. The minimum atomic E-state index is -0.103. The summed E-state index contributed by atoms with van der Waals surface area (Å²) in [6.07, 6.45) is 1.35. The number of rotatable bonds is 4. The number of aromatic nitrogens is 2. The van der Waals surface area contributed by atoms with E-state index in [-0.39, 0.29) is 11.8 Å². The number of amides is 1. The first kappa shape index (κ1) is 16.8. The Morgan fingerprint density at radius 1 is 1.23 bits per heavy atom. The third-order valence-electron chi connectivity index (χ3n) is 4.66. The summed E-state index contributed by atoms with van der Waals surface area (Å²) < 4.78 is 5.43. The molecule has 1 aliphatic heterocycles. The molecule has 6 heteroatoms. The van der Waals surface area contributed by atoms with Gasteiger partial charge in [0.05, 0.1) is 5.92 Å². The second-order valence-electron chi connectivity index (χ2n) is 6.39. The van der Waals surface area contributed by atoms with Gasteiger partial charge in [-0.25, -0.2) is 0 Å². The monoisotopic (exact) mass is 367 g/mol. The lowest BCUT2D eigenvalue weighted by atomic mass is 10.1. The molecule has 4 rings (SSSR count). The summed E-state index contributed by atoms with van der Waals surface area (Å²) in [5.41, 5.74) is 2.95. The molecule has 132 valence electrons. The molecule has 1 unspecified atom stereocenters. The van der Waals surface area contributed by atoms with Gasteiger partial charge in [-0.3, -0.25) is 4.79 Å². The smallest absolute Gasteiger partial charge is 0.232 e. The zero-order valence-corrected chi connectivity index (χ0v) is 15.1. The van der Waals surface area contributed by atoms with E-state index in [2.05, 4.69) is 29.2 Å². The molecule has 0 saturated carbocycles. The Bertz CT molecular complexity index is 936. The van der Waals surface area contributed by atoms with E-state index in [1.807, 2.05) is 24.3 Å². The van der Waals surface area contributed by atoms with E-state index in [1.165, 1.54) is 5.56 Å². The molecule has 0 aliphatic carbocycles. The lowest BCUT2D eigenvalue weighted by Crippen LogP contribution is -2.24. The van der Waals surface area contributed by atoms with E-state index in [4.69, 9.17) is 16.1 Å². The van der Waals surface area contributed by atoms with E-state index in [0.717, 1.165) is 17.7 Å². The minimum Gasteiger partial charge on any atom is -0.339 e. The van der Waals surface area contributed by atoms with Crippen LogP contribution in [-0.4, -0.2) is 22.6 Å². The summed E-state index contributed by atoms with van der Waals surface area (Å²) in [7, 11) is 0. The van der Waals surface area contributed by atoms with Crippen molar-refractivity contribution in [3.8, 4) is 11.4 Å². The van der Waals surface area contributed by atoms with E-state index in [1.54, 1.807) is 17.0 Å². The molecule has 1 fully saturated rings. The second-order valence-corrected chi connectivity index (χ2v) is 6.83. The van der Waals surface area contributed by atoms with Crippen LogP contribution >= 0.6 is 11.6 Å². The maximum Gasteiger partial charge on any atom is 0.232 e.